The number of hydrogen-bond acceptors (Lipinski definition) is 6. The van der Waals surface area contributed by atoms with Crippen molar-refractivity contribution >= 4 is 23.5 Å². The Kier molecular flexibility index (Phi) is 13.5. The van der Waals surface area contributed by atoms with E-state index in [0.717, 1.165) is 62.8 Å². The van der Waals surface area contributed by atoms with Crippen LogP contribution in [-0.2, 0) is 51.4 Å². The Morgan fingerprint density at radius 3 is 1.66 bits per heavy atom. The van der Waals surface area contributed by atoms with Crippen LogP contribution in [0.1, 0.15) is 96.5 Å². The molecule has 0 aliphatic heterocycles. The fourth-order valence-electron chi connectivity index (χ4n) is 4.74. The number of fused-ring (bicyclic) bond motifs is 2. The number of benzene rings is 1. The van der Waals surface area contributed by atoms with Crippen LogP contribution in [0.3, 0.4) is 0 Å². The molecule has 0 fully saturated rings. The van der Waals surface area contributed by atoms with Crippen molar-refractivity contribution in [2.24, 2.45) is 0 Å². The predicted molar refractivity (Wildman–Crippen MR) is 174 cm³/mol. The van der Waals surface area contributed by atoms with Crippen LogP contribution in [0.2, 0.25) is 0 Å². The molecule has 0 atom stereocenters. The molecule has 2 aliphatic rings. The third kappa shape index (κ3) is 8.99. The second-order valence-electron chi connectivity index (χ2n) is 9.33. The first kappa shape index (κ1) is 32.0. The molecule has 4 aromatic rings. The zero-order valence-corrected chi connectivity index (χ0v) is 26.5. The van der Waals surface area contributed by atoms with E-state index in [2.05, 4.69) is 87.3 Å². The summed E-state index contributed by atoms with van der Waals surface area (Å²) in [6.45, 7) is 12.3. The standard InChI is InChI=1S/C17H18N2.C14H15N3S.2C2H6/c1-2-13-6-8-14(9-7-13)10-11-17-15-4-3-5-16(15)18-12-19-17;1-2-14-15-8-10(18-14)6-7-13-11-4-3-5-12(11)16-9-17-13;2*1-2/h3,5-9,12H,2,4,10-11H2,1H3;3,5,8-9H,2,4,6-7H2,1H3;2*1-2H3. The van der Waals surface area contributed by atoms with Gasteiger partial charge in [0.25, 0.3) is 0 Å². The Hall–Kier alpha value is -3.51. The molecule has 2 aliphatic carbocycles. The highest BCUT2D eigenvalue weighted by atomic mass is 32.1. The lowest BCUT2D eigenvalue weighted by Crippen LogP contribution is -2.02. The van der Waals surface area contributed by atoms with Crippen LogP contribution in [0.25, 0.3) is 12.2 Å². The molecule has 0 N–H and O–H groups in total. The zero-order chi connectivity index (χ0) is 29.5. The molecule has 0 saturated heterocycles. The molecule has 0 spiro atoms. The van der Waals surface area contributed by atoms with Gasteiger partial charge >= 0.3 is 0 Å². The number of thiazole rings is 1. The molecule has 0 bridgehead atoms. The van der Waals surface area contributed by atoms with Crippen LogP contribution < -0.4 is 0 Å². The highest BCUT2D eigenvalue weighted by Crippen LogP contribution is 2.22. The third-order valence-corrected chi connectivity index (χ3v) is 8.13. The van der Waals surface area contributed by atoms with Gasteiger partial charge in [-0.05, 0) is 74.6 Å². The summed E-state index contributed by atoms with van der Waals surface area (Å²) in [6.07, 6.45) is 22.0. The van der Waals surface area contributed by atoms with Crippen molar-refractivity contribution in [2.75, 3.05) is 0 Å². The van der Waals surface area contributed by atoms with Crippen molar-refractivity contribution in [1.29, 1.82) is 0 Å². The van der Waals surface area contributed by atoms with Gasteiger partial charge in [-0.3, -0.25) is 0 Å². The highest BCUT2D eigenvalue weighted by molar-refractivity contribution is 7.11. The fraction of sp³-hybridized carbons (Fsp3) is 0.400. The maximum Gasteiger partial charge on any atom is 0.116 e. The number of hydrogen-bond donors (Lipinski definition) is 0. The molecule has 0 radical (unpaired) electrons. The van der Waals surface area contributed by atoms with E-state index in [9.17, 15) is 0 Å². The van der Waals surface area contributed by atoms with Crippen molar-refractivity contribution in [3.05, 3.63) is 110 Å². The van der Waals surface area contributed by atoms with Gasteiger partial charge in [0.1, 0.15) is 12.7 Å². The Morgan fingerprint density at radius 1 is 0.610 bits per heavy atom. The highest BCUT2D eigenvalue weighted by Gasteiger charge is 2.13. The summed E-state index contributed by atoms with van der Waals surface area (Å²) in [5.41, 5.74) is 9.99. The Balaban J connectivity index is 0.000000202. The molecular formula is C35H45N5S. The minimum absolute atomic E-state index is 0.981. The SMILES string of the molecule is CC.CC.CCc1ccc(CCc2ncnc3c2CC=C3)cc1.CCc1ncc(CCc2ncnc3c2CC=C3)s1. The minimum atomic E-state index is 0.981. The summed E-state index contributed by atoms with van der Waals surface area (Å²) in [5.74, 6) is 0. The quantitative estimate of drug-likeness (QED) is 0.214. The lowest BCUT2D eigenvalue weighted by atomic mass is 10.0. The van der Waals surface area contributed by atoms with Gasteiger partial charge in [-0.25, -0.2) is 24.9 Å². The topological polar surface area (TPSA) is 64.5 Å². The Morgan fingerprint density at radius 2 is 1.15 bits per heavy atom. The number of allylic oxidation sites excluding steroid dienone is 2. The summed E-state index contributed by atoms with van der Waals surface area (Å²) < 4.78 is 0. The van der Waals surface area contributed by atoms with E-state index in [-0.39, 0.29) is 0 Å². The van der Waals surface area contributed by atoms with Crippen LogP contribution in [0.5, 0.6) is 0 Å². The van der Waals surface area contributed by atoms with E-state index in [1.165, 1.54) is 43.5 Å². The molecule has 1 aromatic carbocycles. The van der Waals surface area contributed by atoms with Crippen molar-refractivity contribution in [1.82, 2.24) is 24.9 Å². The second-order valence-corrected chi connectivity index (χ2v) is 10.5. The lowest BCUT2D eigenvalue weighted by molar-refractivity contribution is 0.875. The van der Waals surface area contributed by atoms with E-state index in [1.807, 2.05) is 45.2 Å². The fourth-order valence-corrected chi connectivity index (χ4v) is 5.60. The second kappa shape index (κ2) is 17.3. The minimum Gasteiger partial charge on any atom is -0.249 e. The molecule has 0 unspecified atom stereocenters. The molecule has 0 saturated carbocycles. The Bertz CT molecular complexity index is 1400. The smallest absolute Gasteiger partial charge is 0.116 e. The van der Waals surface area contributed by atoms with Gasteiger partial charge in [0.2, 0.25) is 0 Å². The van der Waals surface area contributed by atoms with E-state index in [4.69, 9.17) is 0 Å². The van der Waals surface area contributed by atoms with Crippen LogP contribution in [0.15, 0.2) is 55.3 Å². The van der Waals surface area contributed by atoms with E-state index >= 15 is 0 Å². The van der Waals surface area contributed by atoms with E-state index in [1.54, 1.807) is 12.7 Å². The number of rotatable bonds is 8. The summed E-state index contributed by atoms with van der Waals surface area (Å²) >= 11 is 1.82. The van der Waals surface area contributed by atoms with Gasteiger partial charge < -0.3 is 0 Å². The monoisotopic (exact) mass is 567 g/mol. The van der Waals surface area contributed by atoms with Crippen molar-refractivity contribution in [3.8, 4) is 0 Å². The first-order valence-corrected chi connectivity index (χ1v) is 16.0. The molecule has 3 heterocycles. The molecule has 6 heteroatoms. The molecule has 5 nitrogen and oxygen atoms in total. The first-order chi connectivity index (χ1) is 20.2. The third-order valence-electron chi connectivity index (χ3n) is 6.93. The van der Waals surface area contributed by atoms with Crippen LogP contribution in [0, 0.1) is 0 Å². The van der Waals surface area contributed by atoms with Crippen molar-refractivity contribution in [3.63, 3.8) is 0 Å². The largest absolute Gasteiger partial charge is 0.249 e. The number of nitrogens with zero attached hydrogens (tertiary/aromatic N) is 5. The summed E-state index contributed by atoms with van der Waals surface area (Å²) in [7, 11) is 0. The van der Waals surface area contributed by atoms with Gasteiger partial charge in [-0.15, -0.1) is 11.3 Å². The summed E-state index contributed by atoms with van der Waals surface area (Å²) in [5, 5.41) is 1.22. The molecule has 0 amide bonds. The summed E-state index contributed by atoms with van der Waals surface area (Å²) in [6, 6.07) is 8.92. The number of aryl methyl sites for hydroxylation is 6. The van der Waals surface area contributed by atoms with Gasteiger partial charge in [0.05, 0.1) is 16.4 Å². The van der Waals surface area contributed by atoms with Crippen molar-refractivity contribution < 1.29 is 0 Å². The molecule has 6 rings (SSSR count). The zero-order valence-electron chi connectivity index (χ0n) is 25.7. The summed E-state index contributed by atoms with van der Waals surface area (Å²) in [4.78, 5) is 23.2. The first-order valence-electron chi connectivity index (χ1n) is 15.2. The van der Waals surface area contributed by atoms with Crippen LogP contribution in [0.4, 0.5) is 0 Å². The molecule has 3 aromatic heterocycles. The van der Waals surface area contributed by atoms with Crippen LogP contribution in [-0.4, -0.2) is 24.9 Å². The predicted octanol–water partition coefficient (Wildman–Crippen LogP) is 8.30. The normalized spacial score (nSPS) is 11.9. The maximum absolute atomic E-state index is 4.45. The van der Waals surface area contributed by atoms with Gasteiger partial charge in [-0.1, -0.05) is 78.0 Å². The molecule has 41 heavy (non-hydrogen) atoms. The molecular weight excluding hydrogens is 522 g/mol. The van der Waals surface area contributed by atoms with Gasteiger partial charge in [-0.2, -0.15) is 0 Å². The van der Waals surface area contributed by atoms with Crippen LogP contribution >= 0.6 is 11.3 Å². The van der Waals surface area contributed by atoms with Crippen molar-refractivity contribution in [2.45, 2.75) is 92.9 Å². The maximum atomic E-state index is 4.45. The van der Waals surface area contributed by atoms with Gasteiger partial charge in [0, 0.05) is 33.6 Å². The average Bonchev–Trinajstić information content (AvgIpc) is 3.83. The average molecular weight is 568 g/mol. The lowest BCUT2D eigenvalue weighted by Gasteiger charge is -2.07. The van der Waals surface area contributed by atoms with Gasteiger partial charge in [0.15, 0.2) is 0 Å². The van der Waals surface area contributed by atoms with E-state index < -0.39 is 0 Å². The number of aromatic nitrogens is 5. The Labute approximate surface area is 251 Å². The molecule has 216 valence electrons. The van der Waals surface area contributed by atoms with E-state index in [0.29, 0.717) is 0 Å².